The van der Waals surface area contributed by atoms with Gasteiger partial charge in [0.15, 0.2) is 12.4 Å². The average Bonchev–Trinajstić information content (AvgIpc) is 3.40. The topological polar surface area (TPSA) is 100 Å². The van der Waals surface area contributed by atoms with Crippen molar-refractivity contribution in [1.82, 2.24) is 4.90 Å². The van der Waals surface area contributed by atoms with Crippen molar-refractivity contribution in [2.24, 2.45) is 0 Å². The number of hydrogen-bond acceptors (Lipinski definition) is 5. The van der Waals surface area contributed by atoms with E-state index in [-0.39, 0.29) is 23.7 Å². The van der Waals surface area contributed by atoms with Crippen LogP contribution in [-0.4, -0.2) is 46.7 Å². The Balaban J connectivity index is 1.17. The molecule has 7 nitrogen and oxygen atoms in total. The van der Waals surface area contributed by atoms with Gasteiger partial charge in [0.1, 0.15) is 22.6 Å². The fourth-order valence-electron chi connectivity index (χ4n) is 5.60. The third-order valence-electron chi connectivity index (χ3n) is 8.19. The van der Waals surface area contributed by atoms with Crippen molar-refractivity contribution >= 4 is 46.0 Å². The number of carboxylic acid groups (broad SMARTS) is 1. The van der Waals surface area contributed by atoms with E-state index in [2.05, 4.69) is 17.9 Å². The van der Waals surface area contributed by atoms with Crippen molar-refractivity contribution in [1.29, 1.82) is 0 Å². The Hall–Kier alpha value is -4.90. The Morgan fingerprint density at radius 1 is 0.978 bits per heavy atom. The van der Waals surface area contributed by atoms with Gasteiger partial charge in [0, 0.05) is 45.7 Å². The minimum Gasteiger partial charge on any atom is -0.507 e. The second-order valence-corrected chi connectivity index (χ2v) is 12.1. The molecule has 9 heteroatoms. The molecule has 0 aliphatic carbocycles. The third-order valence-corrected chi connectivity index (χ3v) is 8.83. The molecule has 46 heavy (non-hydrogen) atoms. The number of halogens is 2. The van der Waals surface area contributed by atoms with E-state index in [1.54, 1.807) is 42.5 Å². The van der Waals surface area contributed by atoms with E-state index in [4.69, 9.17) is 32.4 Å². The van der Waals surface area contributed by atoms with Crippen molar-refractivity contribution in [3.63, 3.8) is 0 Å². The van der Waals surface area contributed by atoms with Crippen LogP contribution in [0.25, 0.3) is 22.3 Å². The molecule has 232 valence electrons. The second kappa shape index (κ2) is 13.2. The maximum Gasteiger partial charge on any atom is 0.339 e. The van der Waals surface area contributed by atoms with Gasteiger partial charge in [0.2, 0.25) is 0 Å². The number of fused-ring (bicyclic) bond motifs is 1. The van der Waals surface area contributed by atoms with Crippen LogP contribution in [0.15, 0.2) is 83.3 Å². The van der Waals surface area contributed by atoms with Crippen LogP contribution in [0.4, 0.5) is 0 Å². The van der Waals surface area contributed by atoms with E-state index in [1.807, 2.05) is 30.0 Å². The fraction of sp³-hybridized carbons (Fsp3) is 0.189. The first-order valence-corrected chi connectivity index (χ1v) is 15.5. The first-order chi connectivity index (χ1) is 22.2. The maximum absolute atomic E-state index is 12.9. The molecule has 2 heterocycles. The van der Waals surface area contributed by atoms with Gasteiger partial charge >= 0.3 is 5.97 Å². The van der Waals surface area contributed by atoms with Crippen LogP contribution in [0.3, 0.4) is 0 Å². The van der Waals surface area contributed by atoms with Crippen LogP contribution in [-0.2, 0) is 4.79 Å². The summed E-state index contributed by atoms with van der Waals surface area (Å²) in [6, 6.07) is 22.9. The zero-order chi connectivity index (χ0) is 32.4. The molecule has 1 amide bonds. The third kappa shape index (κ3) is 6.69. The zero-order valence-electron chi connectivity index (χ0n) is 24.8. The van der Waals surface area contributed by atoms with Crippen molar-refractivity contribution in [3.8, 4) is 34.7 Å². The van der Waals surface area contributed by atoms with Crippen molar-refractivity contribution in [3.05, 3.63) is 117 Å². The number of carbonyl (C=O) groups is 2. The molecule has 1 aromatic heterocycles. The number of rotatable bonds is 6. The van der Waals surface area contributed by atoms with E-state index >= 15 is 0 Å². The largest absolute Gasteiger partial charge is 0.507 e. The SMILES string of the molecule is Cc1ccc(C2CCN(C(=O)COc3ccc(-c4oc5cc(O)c(C(=O)O)cc5c4C#Cc4cccc(Cl)c4)cc3)CC2)cc1Cl. The summed E-state index contributed by atoms with van der Waals surface area (Å²) < 4.78 is 11.9. The summed E-state index contributed by atoms with van der Waals surface area (Å²) in [5.41, 5.74) is 4.07. The number of nitrogens with zero attached hydrogens (tertiary/aromatic N) is 1. The van der Waals surface area contributed by atoms with Crippen molar-refractivity contribution < 1.29 is 29.0 Å². The molecule has 6 rings (SSSR count). The minimum absolute atomic E-state index is 0.0747. The Kier molecular flexibility index (Phi) is 8.94. The summed E-state index contributed by atoms with van der Waals surface area (Å²) in [5.74, 6) is 5.69. The highest BCUT2D eigenvalue weighted by Gasteiger charge is 2.25. The number of aromatic hydroxyl groups is 1. The normalized spacial score (nSPS) is 13.3. The lowest BCUT2D eigenvalue weighted by molar-refractivity contribution is -0.134. The molecule has 1 fully saturated rings. The first-order valence-electron chi connectivity index (χ1n) is 14.7. The number of aromatic carboxylic acids is 1. The van der Waals surface area contributed by atoms with E-state index in [0.717, 1.165) is 23.4 Å². The number of furan rings is 1. The highest BCUT2D eigenvalue weighted by molar-refractivity contribution is 6.31. The molecule has 1 aliphatic heterocycles. The molecular formula is C37H29Cl2NO6. The summed E-state index contributed by atoms with van der Waals surface area (Å²) in [7, 11) is 0. The highest BCUT2D eigenvalue weighted by Crippen LogP contribution is 2.37. The van der Waals surface area contributed by atoms with Gasteiger partial charge in [-0.3, -0.25) is 4.79 Å². The number of amides is 1. The van der Waals surface area contributed by atoms with Gasteiger partial charge in [-0.25, -0.2) is 4.79 Å². The lowest BCUT2D eigenvalue weighted by Gasteiger charge is -2.32. The monoisotopic (exact) mass is 653 g/mol. The Morgan fingerprint density at radius 3 is 2.43 bits per heavy atom. The summed E-state index contributed by atoms with van der Waals surface area (Å²) >= 11 is 12.4. The Morgan fingerprint density at radius 2 is 1.74 bits per heavy atom. The molecule has 0 bridgehead atoms. The molecule has 5 aromatic rings. The number of piperidine rings is 1. The molecule has 0 atom stereocenters. The number of likely N-dealkylation sites (tertiary alicyclic amines) is 1. The molecular weight excluding hydrogens is 625 g/mol. The molecule has 0 saturated carbocycles. The van der Waals surface area contributed by atoms with E-state index in [1.165, 1.54) is 17.7 Å². The number of ether oxygens (including phenoxy) is 1. The van der Waals surface area contributed by atoms with Crippen molar-refractivity contribution in [2.75, 3.05) is 19.7 Å². The van der Waals surface area contributed by atoms with Crippen LogP contribution in [0.5, 0.6) is 11.5 Å². The lowest BCUT2D eigenvalue weighted by Crippen LogP contribution is -2.40. The fourth-order valence-corrected chi connectivity index (χ4v) is 5.98. The lowest BCUT2D eigenvalue weighted by atomic mass is 9.89. The zero-order valence-corrected chi connectivity index (χ0v) is 26.4. The number of carbonyl (C=O) groups excluding carboxylic acids is 1. The predicted octanol–water partition coefficient (Wildman–Crippen LogP) is 8.30. The van der Waals surface area contributed by atoms with Gasteiger partial charge in [-0.1, -0.05) is 53.2 Å². The Bertz CT molecular complexity index is 2010. The molecule has 0 unspecified atom stereocenters. The molecule has 0 radical (unpaired) electrons. The molecule has 1 aliphatic rings. The highest BCUT2D eigenvalue weighted by atomic mass is 35.5. The quantitative estimate of drug-likeness (QED) is 0.179. The van der Waals surface area contributed by atoms with E-state index in [0.29, 0.717) is 57.6 Å². The van der Waals surface area contributed by atoms with Gasteiger partial charge in [-0.2, -0.15) is 0 Å². The predicted molar refractivity (Wildman–Crippen MR) is 178 cm³/mol. The summed E-state index contributed by atoms with van der Waals surface area (Å²) in [5, 5.41) is 21.6. The second-order valence-electron chi connectivity index (χ2n) is 11.2. The molecule has 0 spiro atoms. The number of aryl methyl sites for hydroxylation is 1. The standard InChI is InChI=1S/C37H29Cl2NO6/c1-22-5-7-26(18-32(22)39)24-13-15-40(16-14-24)35(42)21-45-28-10-8-25(9-11-28)36-29(12-6-23-3-2-4-27(38)17-23)30-19-31(37(43)44)33(41)20-34(30)46-36/h2-5,7-11,17-20,24,41H,13-16,21H2,1H3,(H,43,44). The maximum atomic E-state index is 12.9. The molecule has 2 N–H and O–H groups in total. The van der Waals surface area contributed by atoms with Crippen LogP contribution in [0.2, 0.25) is 10.0 Å². The molecule has 1 saturated heterocycles. The number of hydrogen-bond donors (Lipinski definition) is 2. The van der Waals surface area contributed by atoms with Crippen LogP contribution in [0, 0.1) is 18.8 Å². The van der Waals surface area contributed by atoms with Crippen LogP contribution < -0.4 is 4.74 Å². The summed E-state index contributed by atoms with van der Waals surface area (Å²) in [4.78, 5) is 26.5. The average molecular weight is 655 g/mol. The number of carboxylic acids is 1. The van der Waals surface area contributed by atoms with Gasteiger partial charge < -0.3 is 24.3 Å². The summed E-state index contributed by atoms with van der Waals surface area (Å²) in [6.07, 6.45) is 1.73. The van der Waals surface area contributed by atoms with Crippen molar-refractivity contribution in [2.45, 2.75) is 25.7 Å². The van der Waals surface area contributed by atoms with E-state index in [9.17, 15) is 19.8 Å². The number of benzene rings is 4. The van der Waals surface area contributed by atoms with Gasteiger partial charge in [0.25, 0.3) is 5.91 Å². The smallest absolute Gasteiger partial charge is 0.339 e. The van der Waals surface area contributed by atoms with Gasteiger partial charge in [-0.15, -0.1) is 0 Å². The van der Waals surface area contributed by atoms with Crippen LogP contribution >= 0.6 is 23.2 Å². The van der Waals surface area contributed by atoms with Gasteiger partial charge in [-0.05, 0) is 91.4 Å². The first kappa shape index (κ1) is 31.1. The van der Waals surface area contributed by atoms with Crippen LogP contribution in [0.1, 0.15) is 51.4 Å². The molecule has 4 aromatic carbocycles. The number of phenols is 1. The summed E-state index contributed by atoms with van der Waals surface area (Å²) in [6.45, 7) is 3.21. The van der Waals surface area contributed by atoms with Gasteiger partial charge in [0.05, 0.1) is 5.56 Å². The van der Waals surface area contributed by atoms with E-state index < -0.39 is 11.7 Å². The Labute approximate surface area is 275 Å². The minimum atomic E-state index is -1.27.